The summed E-state index contributed by atoms with van der Waals surface area (Å²) < 4.78 is 17.0. The van der Waals surface area contributed by atoms with Gasteiger partial charge in [-0.05, 0) is 48.4 Å². The van der Waals surface area contributed by atoms with E-state index in [4.69, 9.17) is 37.1 Å². The summed E-state index contributed by atoms with van der Waals surface area (Å²) in [4.78, 5) is 0. The summed E-state index contributed by atoms with van der Waals surface area (Å²) in [5, 5.41) is 4.63. The Labute approximate surface area is 169 Å². The van der Waals surface area contributed by atoms with Crippen molar-refractivity contribution in [2.45, 2.75) is 26.6 Å². The quantitative estimate of drug-likeness (QED) is 0.484. The molecule has 6 heteroatoms. The lowest BCUT2D eigenvalue weighted by Gasteiger charge is -2.15. The molecule has 0 atom stereocenters. The first kappa shape index (κ1) is 19.6. The molecule has 1 N–H and O–H groups in total. The zero-order valence-electron chi connectivity index (χ0n) is 15.0. The van der Waals surface area contributed by atoms with E-state index in [1.165, 1.54) is 0 Å². The van der Waals surface area contributed by atoms with Crippen molar-refractivity contribution in [1.29, 1.82) is 0 Å². The van der Waals surface area contributed by atoms with Crippen LogP contribution in [0.3, 0.4) is 0 Å². The second kappa shape index (κ2) is 9.70. The molecule has 0 aliphatic rings. The summed E-state index contributed by atoms with van der Waals surface area (Å²) in [5.74, 6) is 2.16. The molecule has 0 radical (unpaired) electrons. The van der Waals surface area contributed by atoms with Crippen molar-refractivity contribution in [3.05, 3.63) is 81.7 Å². The number of furan rings is 1. The molecule has 0 aliphatic heterocycles. The third-order valence-corrected chi connectivity index (χ3v) is 4.52. The highest BCUT2D eigenvalue weighted by atomic mass is 35.5. The van der Waals surface area contributed by atoms with Crippen LogP contribution in [-0.4, -0.2) is 6.61 Å². The molecule has 0 fully saturated rings. The molecule has 0 saturated heterocycles. The summed E-state index contributed by atoms with van der Waals surface area (Å²) in [7, 11) is 0. The lowest BCUT2D eigenvalue weighted by atomic mass is 10.2. The Bertz CT molecular complexity index is 849. The number of hydrogen-bond donors (Lipinski definition) is 1. The minimum atomic E-state index is 0.406. The number of rotatable bonds is 9. The van der Waals surface area contributed by atoms with Gasteiger partial charge in [0.15, 0.2) is 11.5 Å². The van der Waals surface area contributed by atoms with Gasteiger partial charge in [0, 0.05) is 22.7 Å². The van der Waals surface area contributed by atoms with Crippen molar-refractivity contribution in [3.8, 4) is 11.5 Å². The summed E-state index contributed by atoms with van der Waals surface area (Å²) >= 11 is 12.4. The molecule has 3 rings (SSSR count). The number of hydrogen-bond acceptors (Lipinski definition) is 4. The van der Waals surface area contributed by atoms with Gasteiger partial charge in [0.1, 0.15) is 12.4 Å². The third-order valence-electron chi connectivity index (χ3n) is 3.91. The Hall–Kier alpha value is -2.14. The van der Waals surface area contributed by atoms with Crippen LogP contribution in [-0.2, 0) is 19.7 Å². The molecule has 2 aromatic carbocycles. The molecule has 0 unspecified atom stereocenters. The standard InChI is InChI=1S/C21H21Cl2NO3/c1-2-25-20-10-16(12-24-13-18-4-3-9-26-18)19(23)11-21(20)27-14-15-5-7-17(22)8-6-15/h3-11,24H,2,12-14H2,1H3. The van der Waals surface area contributed by atoms with E-state index in [0.717, 1.165) is 16.9 Å². The highest BCUT2D eigenvalue weighted by Crippen LogP contribution is 2.34. The monoisotopic (exact) mass is 405 g/mol. The third kappa shape index (κ3) is 5.67. The van der Waals surface area contributed by atoms with E-state index >= 15 is 0 Å². The van der Waals surface area contributed by atoms with Crippen LogP contribution < -0.4 is 14.8 Å². The zero-order chi connectivity index (χ0) is 19.1. The molecule has 27 heavy (non-hydrogen) atoms. The minimum absolute atomic E-state index is 0.406. The largest absolute Gasteiger partial charge is 0.490 e. The van der Waals surface area contributed by atoms with Crippen molar-refractivity contribution in [2.24, 2.45) is 0 Å². The van der Waals surface area contributed by atoms with Gasteiger partial charge in [-0.2, -0.15) is 0 Å². The average molecular weight is 406 g/mol. The second-order valence-electron chi connectivity index (χ2n) is 5.92. The normalized spacial score (nSPS) is 10.8. The Morgan fingerprint density at radius 3 is 2.44 bits per heavy atom. The first-order chi connectivity index (χ1) is 13.2. The molecule has 0 amide bonds. The summed E-state index contributed by atoms with van der Waals surface area (Å²) in [6.45, 7) is 4.10. The van der Waals surface area contributed by atoms with Crippen LogP contribution in [0.15, 0.2) is 59.2 Å². The van der Waals surface area contributed by atoms with E-state index in [2.05, 4.69) is 5.32 Å². The fourth-order valence-corrected chi connectivity index (χ4v) is 2.92. The van der Waals surface area contributed by atoms with Gasteiger partial charge < -0.3 is 19.2 Å². The van der Waals surface area contributed by atoms with Crippen LogP contribution in [0.2, 0.25) is 10.0 Å². The van der Waals surface area contributed by atoms with Gasteiger partial charge in [-0.1, -0.05) is 35.3 Å². The van der Waals surface area contributed by atoms with Crippen LogP contribution in [0.1, 0.15) is 23.8 Å². The van der Waals surface area contributed by atoms with Crippen LogP contribution in [0.4, 0.5) is 0 Å². The molecule has 0 spiro atoms. The highest BCUT2D eigenvalue weighted by molar-refractivity contribution is 6.31. The Morgan fingerprint density at radius 2 is 1.74 bits per heavy atom. The second-order valence-corrected chi connectivity index (χ2v) is 6.77. The van der Waals surface area contributed by atoms with Gasteiger partial charge in [-0.3, -0.25) is 0 Å². The molecule has 0 aliphatic carbocycles. The zero-order valence-corrected chi connectivity index (χ0v) is 16.5. The van der Waals surface area contributed by atoms with Crippen LogP contribution in [0, 0.1) is 0 Å². The molecular formula is C21H21Cl2NO3. The van der Waals surface area contributed by atoms with Crippen LogP contribution in [0.25, 0.3) is 0 Å². The first-order valence-corrected chi connectivity index (χ1v) is 9.47. The maximum atomic E-state index is 6.45. The topological polar surface area (TPSA) is 43.6 Å². The van der Waals surface area contributed by atoms with Gasteiger partial charge in [0.2, 0.25) is 0 Å². The van der Waals surface area contributed by atoms with E-state index in [0.29, 0.717) is 47.8 Å². The number of halogens is 2. The van der Waals surface area contributed by atoms with E-state index < -0.39 is 0 Å². The van der Waals surface area contributed by atoms with E-state index in [-0.39, 0.29) is 0 Å². The number of benzene rings is 2. The van der Waals surface area contributed by atoms with Crippen LogP contribution in [0.5, 0.6) is 11.5 Å². The van der Waals surface area contributed by atoms with Gasteiger partial charge >= 0.3 is 0 Å². The van der Waals surface area contributed by atoms with Gasteiger partial charge in [-0.25, -0.2) is 0 Å². The predicted molar refractivity (Wildman–Crippen MR) is 108 cm³/mol. The maximum absolute atomic E-state index is 6.45. The van der Waals surface area contributed by atoms with Crippen molar-refractivity contribution in [2.75, 3.05) is 6.61 Å². The average Bonchev–Trinajstić information content (AvgIpc) is 3.18. The SMILES string of the molecule is CCOc1cc(CNCc2ccco2)c(Cl)cc1OCc1ccc(Cl)cc1. The predicted octanol–water partition coefficient (Wildman–Crippen LogP) is 5.85. The molecule has 0 saturated carbocycles. The molecule has 142 valence electrons. The summed E-state index contributed by atoms with van der Waals surface area (Å²) in [6.07, 6.45) is 1.66. The van der Waals surface area contributed by atoms with Gasteiger partial charge in [0.25, 0.3) is 0 Å². The number of nitrogens with one attached hydrogen (secondary N) is 1. The minimum Gasteiger partial charge on any atom is -0.490 e. The highest BCUT2D eigenvalue weighted by Gasteiger charge is 2.12. The van der Waals surface area contributed by atoms with Crippen molar-refractivity contribution in [1.82, 2.24) is 5.32 Å². The molecule has 1 heterocycles. The molecule has 0 bridgehead atoms. The van der Waals surface area contributed by atoms with Crippen molar-refractivity contribution < 1.29 is 13.9 Å². The van der Waals surface area contributed by atoms with Gasteiger partial charge in [0.05, 0.1) is 19.4 Å². The molecule has 1 aromatic heterocycles. The fraction of sp³-hybridized carbons (Fsp3) is 0.238. The Balaban J connectivity index is 1.67. The van der Waals surface area contributed by atoms with E-state index in [1.54, 1.807) is 12.3 Å². The Morgan fingerprint density at radius 1 is 0.963 bits per heavy atom. The summed E-state index contributed by atoms with van der Waals surface area (Å²) in [6, 6.07) is 15.0. The lowest BCUT2D eigenvalue weighted by molar-refractivity contribution is 0.269. The van der Waals surface area contributed by atoms with Crippen molar-refractivity contribution in [3.63, 3.8) is 0 Å². The first-order valence-electron chi connectivity index (χ1n) is 8.71. The van der Waals surface area contributed by atoms with Crippen LogP contribution >= 0.6 is 23.2 Å². The van der Waals surface area contributed by atoms with Gasteiger partial charge in [-0.15, -0.1) is 0 Å². The molecule has 4 nitrogen and oxygen atoms in total. The Kier molecular flexibility index (Phi) is 7.04. The molecular weight excluding hydrogens is 385 g/mol. The fourth-order valence-electron chi connectivity index (χ4n) is 2.57. The van der Waals surface area contributed by atoms with E-state index in [1.807, 2.05) is 49.4 Å². The van der Waals surface area contributed by atoms with E-state index in [9.17, 15) is 0 Å². The smallest absolute Gasteiger partial charge is 0.163 e. The maximum Gasteiger partial charge on any atom is 0.163 e. The lowest BCUT2D eigenvalue weighted by Crippen LogP contribution is -2.13. The van der Waals surface area contributed by atoms with Crippen molar-refractivity contribution >= 4 is 23.2 Å². The number of ether oxygens (including phenoxy) is 2. The molecule has 3 aromatic rings. The summed E-state index contributed by atoms with van der Waals surface area (Å²) in [5.41, 5.74) is 1.95.